The number of nitrogens with two attached hydrogens (primary N) is 1. The molecule has 0 aliphatic carbocycles. The van der Waals surface area contributed by atoms with Crippen LogP contribution < -0.4 is 11.3 Å². The number of rotatable bonds is 2. The Hall–Kier alpha value is -1.33. The van der Waals surface area contributed by atoms with E-state index >= 15 is 0 Å². The van der Waals surface area contributed by atoms with Crippen LogP contribution in [0, 0.1) is 0 Å². The van der Waals surface area contributed by atoms with Gasteiger partial charge in [-0.3, -0.25) is 10.2 Å². The molecule has 0 saturated heterocycles. The Morgan fingerprint density at radius 1 is 1.26 bits per heavy atom. The van der Waals surface area contributed by atoms with Gasteiger partial charge in [-0.05, 0) is 22.7 Å². The molecule has 1 amide bonds. The summed E-state index contributed by atoms with van der Waals surface area (Å²) >= 11 is 0. The van der Waals surface area contributed by atoms with E-state index in [0.717, 1.165) is 5.56 Å². The molecule has 0 unspecified atom stereocenters. The predicted molar refractivity (Wildman–Crippen MR) is 82.7 cm³/mol. The summed E-state index contributed by atoms with van der Waals surface area (Å²) in [5.41, 5.74) is 2.84. The van der Waals surface area contributed by atoms with Crippen LogP contribution in [0.1, 0.15) is 26.3 Å². The molecule has 0 aliphatic heterocycles. The molecule has 0 spiro atoms. The topological polar surface area (TPSA) is 75.3 Å². The van der Waals surface area contributed by atoms with Crippen LogP contribution >= 0.6 is 0 Å². The van der Waals surface area contributed by atoms with E-state index in [0.29, 0.717) is 5.04 Å². The molecule has 0 radical (unpaired) electrons. The summed E-state index contributed by atoms with van der Waals surface area (Å²) in [6, 6.07) is 6.40. The Labute approximate surface area is 117 Å². The lowest BCUT2D eigenvalue weighted by Gasteiger charge is -2.21. The first-order valence-corrected chi connectivity index (χ1v) is 9.33. The third kappa shape index (κ3) is 8.39. The molecule has 4 nitrogen and oxygen atoms in total. The lowest BCUT2D eigenvalue weighted by Crippen LogP contribution is -2.31. The summed E-state index contributed by atoms with van der Waals surface area (Å²) in [6.45, 7) is 11.7. The number of hydrogen-bond acceptors (Lipinski definition) is 3. The second kappa shape index (κ2) is 7.96. The molecule has 0 aliphatic rings. The van der Waals surface area contributed by atoms with E-state index in [1.165, 1.54) is 12.1 Å². The maximum absolute atomic E-state index is 10.8. The Bertz CT molecular complexity index is 383. The van der Waals surface area contributed by atoms with E-state index in [1.807, 2.05) is 5.43 Å². The summed E-state index contributed by atoms with van der Waals surface area (Å²) < 4.78 is 0. The van der Waals surface area contributed by atoms with Gasteiger partial charge in [-0.2, -0.15) is 0 Å². The van der Waals surface area contributed by atoms with Crippen molar-refractivity contribution >= 4 is 14.7 Å². The zero-order valence-electron chi connectivity index (χ0n) is 12.5. The van der Waals surface area contributed by atoms with E-state index < -0.39 is 0 Å². The second-order valence-corrected chi connectivity index (χ2v) is 9.97. The average molecular weight is 282 g/mol. The summed E-state index contributed by atoms with van der Waals surface area (Å²) in [5.74, 6) is 4.84. The van der Waals surface area contributed by atoms with Crippen molar-refractivity contribution < 1.29 is 9.90 Å². The zero-order chi connectivity index (χ0) is 15.1. The third-order valence-electron chi connectivity index (χ3n) is 3.19. The SMILES string of the molecule is C[SiH](C)C(C)(C)C.NNC(=O)Cc1ccc(O)cc1. The van der Waals surface area contributed by atoms with Gasteiger partial charge in [-0.15, -0.1) is 0 Å². The highest BCUT2D eigenvalue weighted by Gasteiger charge is 2.15. The highest BCUT2D eigenvalue weighted by Crippen LogP contribution is 2.25. The molecule has 4 N–H and O–H groups in total. The Kier molecular flexibility index (Phi) is 7.40. The minimum atomic E-state index is -0.359. The summed E-state index contributed by atoms with van der Waals surface area (Å²) in [5, 5.41) is 9.56. The first-order chi connectivity index (χ1) is 8.66. The lowest BCUT2D eigenvalue weighted by atomic mass is 10.1. The van der Waals surface area contributed by atoms with Crippen LogP contribution in [-0.4, -0.2) is 19.8 Å². The predicted octanol–water partition coefficient (Wildman–Crippen LogP) is 2.20. The third-order valence-corrected chi connectivity index (χ3v) is 6.66. The van der Waals surface area contributed by atoms with Crippen LogP contribution in [0.4, 0.5) is 0 Å². The zero-order valence-corrected chi connectivity index (χ0v) is 13.7. The van der Waals surface area contributed by atoms with Gasteiger partial charge in [-0.25, -0.2) is 5.84 Å². The van der Waals surface area contributed by atoms with Crippen molar-refractivity contribution in [2.75, 3.05) is 0 Å². The summed E-state index contributed by atoms with van der Waals surface area (Å²) in [4.78, 5) is 10.8. The Morgan fingerprint density at radius 3 is 2.00 bits per heavy atom. The Morgan fingerprint density at radius 2 is 1.68 bits per heavy atom. The fraction of sp³-hybridized carbons (Fsp3) is 0.500. The number of benzene rings is 1. The molecule has 19 heavy (non-hydrogen) atoms. The number of hydrazine groups is 1. The van der Waals surface area contributed by atoms with Gasteiger partial charge < -0.3 is 5.11 Å². The van der Waals surface area contributed by atoms with E-state index in [4.69, 9.17) is 10.9 Å². The minimum absolute atomic E-state index is 0.187. The van der Waals surface area contributed by atoms with Crippen molar-refractivity contribution in [2.24, 2.45) is 5.84 Å². The number of nitrogens with one attached hydrogen (secondary N) is 1. The molecule has 0 heterocycles. The first kappa shape index (κ1) is 17.7. The van der Waals surface area contributed by atoms with Gasteiger partial charge in [-0.1, -0.05) is 46.0 Å². The second-order valence-electron chi connectivity index (χ2n) is 5.93. The number of carbonyl (C=O) groups is 1. The molecule has 0 atom stereocenters. The smallest absolute Gasteiger partial charge is 0.238 e. The van der Waals surface area contributed by atoms with Crippen LogP contribution in [0.3, 0.4) is 0 Å². The largest absolute Gasteiger partial charge is 0.508 e. The van der Waals surface area contributed by atoms with Gasteiger partial charge in [0.15, 0.2) is 0 Å². The van der Waals surface area contributed by atoms with Gasteiger partial charge in [0.25, 0.3) is 0 Å². The minimum Gasteiger partial charge on any atom is -0.508 e. The molecule has 5 heteroatoms. The normalized spacial score (nSPS) is 10.7. The number of amides is 1. The van der Waals surface area contributed by atoms with Gasteiger partial charge in [0.2, 0.25) is 5.91 Å². The van der Waals surface area contributed by atoms with Crippen molar-refractivity contribution in [3.8, 4) is 5.75 Å². The molecule has 0 bridgehead atoms. The van der Waals surface area contributed by atoms with Crippen LogP contribution in [0.5, 0.6) is 5.75 Å². The number of phenolic OH excluding ortho intramolecular Hbond substituents is 1. The fourth-order valence-corrected chi connectivity index (χ4v) is 0.850. The molecular weight excluding hydrogens is 256 g/mol. The van der Waals surface area contributed by atoms with Crippen molar-refractivity contribution in [1.82, 2.24) is 5.43 Å². The number of carbonyl (C=O) groups excluding carboxylic acids is 1. The van der Waals surface area contributed by atoms with E-state index in [-0.39, 0.29) is 26.9 Å². The molecular formula is C14H26N2O2Si. The molecule has 0 aromatic heterocycles. The quantitative estimate of drug-likeness (QED) is 0.337. The lowest BCUT2D eigenvalue weighted by molar-refractivity contribution is -0.120. The van der Waals surface area contributed by atoms with Gasteiger partial charge >= 0.3 is 0 Å². The van der Waals surface area contributed by atoms with Crippen LogP contribution in [0.2, 0.25) is 18.1 Å². The van der Waals surface area contributed by atoms with Crippen LogP contribution in [-0.2, 0) is 11.2 Å². The van der Waals surface area contributed by atoms with Gasteiger partial charge in [0, 0.05) is 8.80 Å². The molecule has 1 aromatic rings. The standard InChI is InChI=1S/C8H10N2O2.C6H16Si/c9-10-8(12)5-6-1-3-7(11)4-2-6;1-6(2,3)7(4)5/h1-4,11H,5,9H2,(H,10,12);7H,1-5H3. The van der Waals surface area contributed by atoms with Crippen molar-refractivity contribution in [3.05, 3.63) is 29.8 Å². The maximum Gasteiger partial charge on any atom is 0.238 e. The van der Waals surface area contributed by atoms with Crippen molar-refractivity contribution in [3.63, 3.8) is 0 Å². The van der Waals surface area contributed by atoms with E-state index in [9.17, 15) is 4.79 Å². The van der Waals surface area contributed by atoms with E-state index in [2.05, 4.69) is 33.9 Å². The first-order valence-electron chi connectivity index (χ1n) is 6.44. The molecule has 1 aromatic carbocycles. The summed E-state index contributed by atoms with van der Waals surface area (Å²) in [7, 11) is -0.359. The number of aromatic hydroxyl groups is 1. The number of phenols is 1. The van der Waals surface area contributed by atoms with Crippen LogP contribution in [0.15, 0.2) is 24.3 Å². The van der Waals surface area contributed by atoms with E-state index in [1.54, 1.807) is 12.1 Å². The van der Waals surface area contributed by atoms with Crippen molar-refractivity contribution in [1.29, 1.82) is 0 Å². The van der Waals surface area contributed by atoms with Gasteiger partial charge in [0.1, 0.15) is 5.75 Å². The molecule has 1 rings (SSSR count). The fourth-order valence-electron chi connectivity index (χ4n) is 0.850. The molecule has 108 valence electrons. The average Bonchev–Trinajstić information content (AvgIpc) is 2.31. The highest BCUT2D eigenvalue weighted by molar-refractivity contribution is 6.59. The Balaban J connectivity index is 0.000000399. The highest BCUT2D eigenvalue weighted by atomic mass is 28.3. The maximum atomic E-state index is 10.8. The molecule has 0 saturated carbocycles. The summed E-state index contributed by atoms with van der Waals surface area (Å²) in [6.07, 6.45) is 0.233. The number of hydrogen-bond donors (Lipinski definition) is 3. The monoisotopic (exact) mass is 282 g/mol. The molecule has 0 fully saturated rings. The van der Waals surface area contributed by atoms with Gasteiger partial charge in [0.05, 0.1) is 6.42 Å². The van der Waals surface area contributed by atoms with Crippen LogP contribution in [0.25, 0.3) is 0 Å². The van der Waals surface area contributed by atoms with Crippen molar-refractivity contribution in [2.45, 2.75) is 45.3 Å².